The average Bonchev–Trinajstić information content (AvgIpc) is 2.79. The molecule has 3 rings (SSSR count). The number of hydrogen-bond donors (Lipinski definition) is 1. The summed E-state index contributed by atoms with van der Waals surface area (Å²) < 4.78 is 37.9. The topological polar surface area (TPSA) is 84.9 Å². The van der Waals surface area contributed by atoms with Gasteiger partial charge in [-0.1, -0.05) is 29.3 Å². The van der Waals surface area contributed by atoms with Crippen LogP contribution in [0.3, 0.4) is 0 Å². The number of carbonyl (C=O) groups is 1. The molecule has 0 aliphatic carbocycles. The summed E-state index contributed by atoms with van der Waals surface area (Å²) >= 11 is 12.0. The number of nitrogens with one attached hydrogen (secondary N) is 1. The van der Waals surface area contributed by atoms with Crippen LogP contribution < -0.4 is 14.8 Å². The fourth-order valence-corrected chi connectivity index (χ4v) is 5.69. The number of hydrogen-bond acceptors (Lipinski definition) is 5. The molecule has 7 nitrogen and oxygen atoms in total. The van der Waals surface area contributed by atoms with E-state index in [-0.39, 0.29) is 18.2 Å². The van der Waals surface area contributed by atoms with Gasteiger partial charge in [-0.3, -0.25) is 4.79 Å². The van der Waals surface area contributed by atoms with Crippen LogP contribution >= 0.6 is 23.2 Å². The maximum absolute atomic E-state index is 12.9. The van der Waals surface area contributed by atoms with E-state index in [0.29, 0.717) is 53.9 Å². The third-order valence-corrected chi connectivity index (χ3v) is 7.61. The van der Waals surface area contributed by atoms with Gasteiger partial charge in [0.1, 0.15) is 18.1 Å². The molecule has 0 saturated carbocycles. The number of methoxy groups -OCH3 is 1. The number of amides is 1. The largest absolute Gasteiger partial charge is 0.497 e. The van der Waals surface area contributed by atoms with E-state index in [2.05, 4.69) is 5.32 Å². The van der Waals surface area contributed by atoms with Crippen molar-refractivity contribution in [2.24, 2.45) is 5.92 Å². The van der Waals surface area contributed by atoms with Crippen molar-refractivity contribution in [3.63, 3.8) is 0 Å². The molecule has 0 aromatic heterocycles. The summed E-state index contributed by atoms with van der Waals surface area (Å²) in [6.07, 6.45) is 1.26. The van der Waals surface area contributed by atoms with Crippen LogP contribution in [0.2, 0.25) is 10.0 Å². The van der Waals surface area contributed by atoms with Crippen molar-refractivity contribution >= 4 is 39.1 Å². The van der Waals surface area contributed by atoms with Crippen molar-refractivity contribution in [1.82, 2.24) is 9.62 Å². The van der Waals surface area contributed by atoms with E-state index in [1.165, 1.54) is 10.4 Å². The number of halogens is 2. The smallest absolute Gasteiger partial charge is 0.224 e. The van der Waals surface area contributed by atoms with Crippen molar-refractivity contribution in [3.8, 4) is 11.5 Å². The van der Waals surface area contributed by atoms with E-state index in [9.17, 15) is 13.2 Å². The average molecular weight is 501 g/mol. The van der Waals surface area contributed by atoms with Gasteiger partial charge in [-0.15, -0.1) is 0 Å². The molecule has 2 aromatic carbocycles. The molecule has 0 radical (unpaired) electrons. The minimum atomic E-state index is -3.61. The molecule has 2 aromatic rings. The number of carbonyl (C=O) groups excluding carboxylic acids is 1. The number of ether oxygens (including phenoxy) is 2. The van der Waals surface area contributed by atoms with E-state index >= 15 is 0 Å². The second-order valence-corrected chi connectivity index (χ2v) is 10.3. The third-order valence-electron chi connectivity index (χ3n) is 5.23. The van der Waals surface area contributed by atoms with E-state index in [0.717, 1.165) is 5.75 Å². The zero-order valence-corrected chi connectivity index (χ0v) is 20.0. The van der Waals surface area contributed by atoms with E-state index < -0.39 is 15.9 Å². The SMILES string of the molecule is COc1ccc(OCCNC(=O)C2CCCN(S(=O)(=O)Cc3ccc(Cl)cc3Cl)C2)cc1. The van der Waals surface area contributed by atoms with Crippen molar-refractivity contribution in [1.29, 1.82) is 0 Å². The first kappa shape index (κ1) is 24.6. The Morgan fingerprint density at radius 2 is 1.88 bits per heavy atom. The van der Waals surface area contributed by atoms with Crippen molar-refractivity contribution in [3.05, 3.63) is 58.1 Å². The zero-order chi connectivity index (χ0) is 23.1. The van der Waals surface area contributed by atoms with E-state index in [4.69, 9.17) is 32.7 Å². The molecule has 174 valence electrons. The predicted molar refractivity (Wildman–Crippen MR) is 125 cm³/mol. The van der Waals surface area contributed by atoms with Crippen LogP contribution in [0.1, 0.15) is 18.4 Å². The Labute approximate surface area is 198 Å². The first-order chi connectivity index (χ1) is 15.3. The maximum Gasteiger partial charge on any atom is 0.224 e. The number of rotatable bonds is 9. The van der Waals surface area contributed by atoms with Gasteiger partial charge >= 0.3 is 0 Å². The number of piperidine rings is 1. The third kappa shape index (κ3) is 6.75. The lowest BCUT2D eigenvalue weighted by molar-refractivity contribution is -0.126. The summed E-state index contributed by atoms with van der Waals surface area (Å²) in [6.45, 7) is 1.17. The highest BCUT2D eigenvalue weighted by atomic mass is 35.5. The normalized spacial score (nSPS) is 17.0. The van der Waals surface area contributed by atoms with E-state index in [1.54, 1.807) is 43.5 Å². The molecule has 1 unspecified atom stereocenters. The Morgan fingerprint density at radius 3 is 2.56 bits per heavy atom. The fourth-order valence-electron chi connectivity index (χ4n) is 3.50. The number of nitrogens with zero attached hydrogens (tertiary/aromatic N) is 1. The Morgan fingerprint density at radius 1 is 1.16 bits per heavy atom. The van der Waals surface area contributed by atoms with Gasteiger partial charge in [0.25, 0.3) is 0 Å². The lowest BCUT2D eigenvalue weighted by Crippen LogP contribution is -2.46. The lowest BCUT2D eigenvalue weighted by atomic mass is 9.99. The summed E-state index contributed by atoms with van der Waals surface area (Å²) in [5.74, 6) is 0.608. The van der Waals surface area contributed by atoms with Gasteiger partial charge in [0.05, 0.1) is 25.3 Å². The Bertz CT molecular complexity index is 1030. The van der Waals surface area contributed by atoms with Crippen LogP contribution in [0.5, 0.6) is 11.5 Å². The monoisotopic (exact) mass is 500 g/mol. The van der Waals surface area contributed by atoms with Gasteiger partial charge in [-0.2, -0.15) is 0 Å². The number of benzene rings is 2. The highest BCUT2D eigenvalue weighted by Crippen LogP contribution is 2.26. The van der Waals surface area contributed by atoms with Gasteiger partial charge in [0.15, 0.2) is 0 Å². The van der Waals surface area contributed by atoms with Crippen LogP contribution in [0, 0.1) is 5.92 Å². The molecular formula is C22H26Cl2N2O5S. The molecule has 0 spiro atoms. The molecule has 1 N–H and O–H groups in total. The highest BCUT2D eigenvalue weighted by Gasteiger charge is 2.32. The number of sulfonamides is 1. The standard InChI is InChI=1S/C22H26Cl2N2O5S/c1-30-19-6-8-20(9-7-19)31-12-10-25-22(27)16-3-2-11-26(14-16)32(28,29)15-17-4-5-18(23)13-21(17)24/h4-9,13,16H,2-3,10-12,14-15H2,1H3,(H,25,27). The molecular weight excluding hydrogens is 475 g/mol. The summed E-state index contributed by atoms with van der Waals surface area (Å²) in [5, 5.41) is 3.59. The van der Waals surface area contributed by atoms with Gasteiger partial charge in [0, 0.05) is 23.1 Å². The lowest BCUT2D eigenvalue weighted by Gasteiger charge is -2.31. The fraction of sp³-hybridized carbons (Fsp3) is 0.409. The molecule has 10 heteroatoms. The summed E-state index contributed by atoms with van der Waals surface area (Å²) in [4.78, 5) is 12.6. The Kier molecular flexibility index (Phi) is 8.64. The first-order valence-electron chi connectivity index (χ1n) is 10.2. The molecule has 1 aliphatic rings. The molecule has 1 fully saturated rings. The quantitative estimate of drug-likeness (QED) is 0.530. The maximum atomic E-state index is 12.9. The molecule has 1 saturated heterocycles. The van der Waals surface area contributed by atoms with Crippen molar-refractivity contribution in [2.75, 3.05) is 33.4 Å². The van der Waals surface area contributed by atoms with Gasteiger partial charge < -0.3 is 14.8 Å². The van der Waals surface area contributed by atoms with Crippen LogP contribution in [-0.4, -0.2) is 52.0 Å². The van der Waals surface area contributed by atoms with Crippen molar-refractivity contribution in [2.45, 2.75) is 18.6 Å². The summed E-state index contributed by atoms with van der Waals surface area (Å²) in [5.41, 5.74) is 0.485. The molecule has 1 aliphatic heterocycles. The van der Waals surface area contributed by atoms with Crippen LogP contribution in [0.4, 0.5) is 0 Å². The van der Waals surface area contributed by atoms with Gasteiger partial charge in [-0.05, 0) is 54.8 Å². The Balaban J connectivity index is 1.49. The second kappa shape index (κ2) is 11.2. The first-order valence-corrected chi connectivity index (χ1v) is 12.6. The summed E-state index contributed by atoms with van der Waals surface area (Å²) in [6, 6.07) is 11.9. The second-order valence-electron chi connectivity index (χ2n) is 7.50. The predicted octanol–water partition coefficient (Wildman–Crippen LogP) is 3.74. The Hall–Kier alpha value is -2.00. The van der Waals surface area contributed by atoms with Gasteiger partial charge in [-0.25, -0.2) is 12.7 Å². The van der Waals surface area contributed by atoms with Crippen LogP contribution in [-0.2, 0) is 20.6 Å². The van der Waals surface area contributed by atoms with Gasteiger partial charge in [0.2, 0.25) is 15.9 Å². The highest BCUT2D eigenvalue weighted by molar-refractivity contribution is 7.88. The molecule has 1 amide bonds. The minimum absolute atomic E-state index is 0.152. The molecule has 1 heterocycles. The zero-order valence-electron chi connectivity index (χ0n) is 17.7. The summed E-state index contributed by atoms with van der Waals surface area (Å²) in [7, 11) is -2.02. The molecule has 32 heavy (non-hydrogen) atoms. The minimum Gasteiger partial charge on any atom is -0.497 e. The molecule has 1 atom stereocenters. The van der Waals surface area contributed by atoms with Crippen LogP contribution in [0.15, 0.2) is 42.5 Å². The van der Waals surface area contributed by atoms with E-state index in [1.807, 2.05) is 0 Å². The van der Waals surface area contributed by atoms with Crippen LogP contribution in [0.25, 0.3) is 0 Å². The molecule has 0 bridgehead atoms. The van der Waals surface area contributed by atoms with Crippen molar-refractivity contribution < 1.29 is 22.7 Å².